The number of aliphatic hydroxyl groups excluding tert-OH is 1. The molecule has 3 fully saturated rings. The average molecular weight is 186 g/mol. The van der Waals surface area contributed by atoms with Gasteiger partial charge in [0.1, 0.15) is 6.10 Å². The highest BCUT2D eigenvalue weighted by atomic mass is 16.7. The van der Waals surface area contributed by atoms with Gasteiger partial charge >= 0.3 is 0 Å². The maximum atomic E-state index is 9.58. The molecule has 0 aromatic rings. The molecular weight excluding hydrogens is 172 g/mol. The van der Waals surface area contributed by atoms with Crippen LogP contribution in [-0.4, -0.2) is 42.9 Å². The van der Waals surface area contributed by atoms with Crippen molar-refractivity contribution in [1.82, 2.24) is 0 Å². The molecule has 3 rings (SSSR count). The predicted molar refractivity (Wildman–Crippen MR) is 43.1 cm³/mol. The number of methoxy groups -OCH3 is 1. The standard InChI is InChI=1S/C9H14O4/c1-11-7-2-4-6(12-7)3-5(10)9-8(4)13-9/h4-10H,2-3H2,1H3. The molecule has 2 heterocycles. The molecule has 3 aliphatic rings. The van der Waals surface area contributed by atoms with Crippen LogP contribution in [0.5, 0.6) is 0 Å². The highest BCUT2D eigenvalue weighted by molar-refractivity contribution is 5.05. The number of hydrogen-bond donors (Lipinski definition) is 1. The van der Waals surface area contributed by atoms with E-state index in [0.717, 1.165) is 6.42 Å². The van der Waals surface area contributed by atoms with Gasteiger partial charge in [-0.15, -0.1) is 0 Å². The minimum Gasteiger partial charge on any atom is -0.390 e. The third kappa shape index (κ3) is 1.13. The molecule has 2 saturated heterocycles. The van der Waals surface area contributed by atoms with E-state index in [2.05, 4.69) is 0 Å². The van der Waals surface area contributed by atoms with Crippen molar-refractivity contribution in [3.63, 3.8) is 0 Å². The summed E-state index contributed by atoms with van der Waals surface area (Å²) in [4.78, 5) is 0. The number of rotatable bonds is 1. The Morgan fingerprint density at radius 2 is 2.08 bits per heavy atom. The second kappa shape index (κ2) is 2.67. The van der Waals surface area contributed by atoms with Gasteiger partial charge in [0.15, 0.2) is 6.29 Å². The van der Waals surface area contributed by atoms with Crippen LogP contribution in [0.2, 0.25) is 0 Å². The average Bonchev–Trinajstić information content (AvgIpc) is 2.82. The van der Waals surface area contributed by atoms with Crippen LogP contribution in [0.25, 0.3) is 0 Å². The van der Waals surface area contributed by atoms with E-state index in [0.29, 0.717) is 12.3 Å². The molecule has 0 aromatic carbocycles. The summed E-state index contributed by atoms with van der Waals surface area (Å²) in [6.07, 6.45) is 1.64. The van der Waals surface area contributed by atoms with E-state index in [4.69, 9.17) is 14.2 Å². The Kier molecular flexibility index (Phi) is 1.68. The summed E-state index contributed by atoms with van der Waals surface area (Å²) in [7, 11) is 1.66. The fourth-order valence-electron chi connectivity index (χ4n) is 2.62. The third-order valence-corrected chi connectivity index (χ3v) is 3.37. The van der Waals surface area contributed by atoms with Gasteiger partial charge in [-0.25, -0.2) is 0 Å². The molecule has 4 nitrogen and oxygen atoms in total. The lowest BCUT2D eigenvalue weighted by atomic mass is 9.84. The Morgan fingerprint density at radius 3 is 2.85 bits per heavy atom. The van der Waals surface area contributed by atoms with Gasteiger partial charge in [0.05, 0.1) is 18.3 Å². The SMILES string of the molecule is COC1CC2C(CC(O)C3OC23)O1. The topological polar surface area (TPSA) is 51.2 Å². The van der Waals surface area contributed by atoms with Gasteiger partial charge < -0.3 is 19.3 Å². The minimum atomic E-state index is -0.332. The van der Waals surface area contributed by atoms with Gasteiger partial charge in [0, 0.05) is 25.9 Å². The molecule has 1 aliphatic carbocycles. The van der Waals surface area contributed by atoms with Crippen LogP contribution in [0.15, 0.2) is 0 Å². The monoisotopic (exact) mass is 186 g/mol. The van der Waals surface area contributed by atoms with E-state index in [9.17, 15) is 5.11 Å². The summed E-state index contributed by atoms with van der Waals surface area (Å²) in [5.74, 6) is 0.443. The largest absolute Gasteiger partial charge is 0.390 e. The molecule has 0 amide bonds. The van der Waals surface area contributed by atoms with Crippen molar-refractivity contribution in [3.8, 4) is 0 Å². The number of ether oxygens (including phenoxy) is 3. The molecule has 0 radical (unpaired) electrons. The molecule has 6 unspecified atom stereocenters. The van der Waals surface area contributed by atoms with E-state index >= 15 is 0 Å². The Bertz CT molecular complexity index is 220. The van der Waals surface area contributed by atoms with Gasteiger partial charge in [-0.05, 0) is 0 Å². The van der Waals surface area contributed by atoms with Crippen LogP contribution < -0.4 is 0 Å². The minimum absolute atomic E-state index is 0.0838. The van der Waals surface area contributed by atoms with E-state index in [1.807, 2.05) is 0 Å². The third-order valence-electron chi connectivity index (χ3n) is 3.37. The smallest absolute Gasteiger partial charge is 0.158 e. The molecule has 0 aromatic heterocycles. The molecule has 0 spiro atoms. The Hall–Kier alpha value is -0.160. The summed E-state index contributed by atoms with van der Waals surface area (Å²) in [6.45, 7) is 0. The van der Waals surface area contributed by atoms with Crippen LogP contribution in [-0.2, 0) is 14.2 Å². The molecule has 1 saturated carbocycles. The quantitative estimate of drug-likeness (QED) is 0.581. The lowest BCUT2D eigenvalue weighted by molar-refractivity contribution is -0.124. The van der Waals surface area contributed by atoms with Crippen molar-refractivity contribution < 1.29 is 19.3 Å². The summed E-state index contributed by atoms with van der Waals surface area (Å²) in [5.41, 5.74) is 0. The normalized spacial score (nSPS) is 58.6. The second-order valence-electron chi connectivity index (χ2n) is 4.11. The zero-order chi connectivity index (χ0) is 9.00. The number of aliphatic hydroxyl groups is 1. The predicted octanol–water partition coefficient (Wildman–Crippen LogP) is -0.104. The van der Waals surface area contributed by atoms with Crippen molar-refractivity contribution in [3.05, 3.63) is 0 Å². The van der Waals surface area contributed by atoms with Crippen molar-refractivity contribution >= 4 is 0 Å². The zero-order valence-electron chi connectivity index (χ0n) is 7.55. The van der Waals surface area contributed by atoms with Crippen molar-refractivity contribution in [1.29, 1.82) is 0 Å². The van der Waals surface area contributed by atoms with Crippen LogP contribution >= 0.6 is 0 Å². The summed E-state index contributed by atoms with van der Waals surface area (Å²) >= 11 is 0. The van der Waals surface area contributed by atoms with Gasteiger partial charge in [-0.3, -0.25) is 0 Å². The highest BCUT2D eigenvalue weighted by Crippen LogP contribution is 2.47. The van der Waals surface area contributed by atoms with Gasteiger partial charge in [-0.1, -0.05) is 0 Å². The van der Waals surface area contributed by atoms with Crippen molar-refractivity contribution in [2.45, 2.75) is 43.5 Å². The summed E-state index contributed by atoms with van der Waals surface area (Å²) < 4.78 is 16.2. The molecule has 13 heavy (non-hydrogen) atoms. The molecule has 2 aliphatic heterocycles. The summed E-state index contributed by atoms with van der Waals surface area (Å²) in [6, 6.07) is 0. The molecule has 4 heteroatoms. The number of epoxide rings is 1. The first-order chi connectivity index (χ1) is 6.29. The Morgan fingerprint density at radius 1 is 1.23 bits per heavy atom. The van der Waals surface area contributed by atoms with E-state index < -0.39 is 0 Å². The maximum absolute atomic E-state index is 9.58. The van der Waals surface area contributed by atoms with E-state index in [1.165, 1.54) is 0 Å². The molecule has 1 N–H and O–H groups in total. The van der Waals surface area contributed by atoms with Crippen LogP contribution in [0.4, 0.5) is 0 Å². The van der Waals surface area contributed by atoms with Crippen LogP contribution in [0, 0.1) is 5.92 Å². The van der Waals surface area contributed by atoms with Gasteiger partial charge in [0.25, 0.3) is 0 Å². The first-order valence-corrected chi connectivity index (χ1v) is 4.81. The maximum Gasteiger partial charge on any atom is 0.158 e. The second-order valence-corrected chi connectivity index (χ2v) is 4.11. The van der Waals surface area contributed by atoms with Crippen LogP contribution in [0.1, 0.15) is 12.8 Å². The molecule has 0 bridgehead atoms. The van der Waals surface area contributed by atoms with Crippen molar-refractivity contribution in [2.24, 2.45) is 5.92 Å². The Labute approximate surface area is 76.8 Å². The van der Waals surface area contributed by atoms with Gasteiger partial charge in [-0.2, -0.15) is 0 Å². The molecular formula is C9H14O4. The van der Waals surface area contributed by atoms with E-state index in [1.54, 1.807) is 7.11 Å². The van der Waals surface area contributed by atoms with E-state index in [-0.39, 0.29) is 30.7 Å². The first-order valence-electron chi connectivity index (χ1n) is 4.81. The Balaban J connectivity index is 1.74. The van der Waals surface area contributed by atoms with Gasteiger partial charge in [0.2, 0.25) is 0 Å². The van der Waals surface area contributed by atoms with Crippen molar-refractivity contribution in [2.75, 3.05) is 7.11 Å². The molecule has 74 valence electrons. The summed E-state index contributed by atoms with van der Waals surface area (Å²) in [5, 5.41) is 9.58. The fraction of sp³-hybridized carbons (Fsp3) is 1.00. The first kappa shape index (κ1) is 8.17. The lowest BCUT2D eigenvalue weighted by Crippen LogP contribution is -2.36. The number of fused-ring (bicyclic) bond motifs is 3. The molecule has 6 atom stereocenters. The highest BCUT2D eigenvalue weighted by Gasteiger charge is 2.59. The fourth-order valence-corrected chi connectivity index (χ4v) is 2.62. The lowest BCUT2D eigenvalue weighted by Gasteiger charge is -2.23. The number of hydrogen-bond acceptors (Lipinski definition) is 4. The van der Waals surface area contributed by atoms with Crippen LogP contribution in [0.3, 0.4) is 0 Å². The zero-order valence-corrected chi connectivity index (χ0v) is 7.55.